The number of fused-ring (bicyclic) bond motifs is 1. The molecule has 3 rings (SSSR count). The molecule has 6 heteroatoms. The molecule has 0 aliphatic carbocycles. The maximum atomic E-state index is 12.0. The molecule has 1 atom stereocenters. The minimum absolute atomic E-state index is 0.107. The Morgan fingerprint density at radius 3 is 2.95 bits per heavy atom. The van der Waals surface area contributed by atoms with Crippen LogP contribution in [-0.2, 0) is 6.42 Å². The molecule has 1 aromatic heterocycles. The zero-order valence-electron chi connectivity index (χ0n) is 9.93. The average molecular weight is 319 g/mol. The number of halogens is 1. The third-order valence-electron chi connectivity index (χ3n) is 3.11. The van der Waals surface area contributed by atoms with Gasteiger partial charge in [0.05, 0.1) is 17.3 Å². The number of aromatic nitrogens is 2. The summed E-state index contributed by atoms with van der Waals surface area (Å²) < 4.78 is 0.964. The van der Waals surface area contributed by atoms with Gasteiger partial charge >= 0.3 is 0 Å². The summed E-state index contributed by atoms with van der Waals surface area (Å²) in [6, 6.07) is 7.70. The van der Waals surface area contributed by atoms with E-state index < -0.39 is 0 Å². The lowest BCUT2D eigenvalue weighted by Gasteiger charge is -2.25. The Kier molecular flexibility index (Phi) is 2.94. The zero-order valence-corrected chi connectivity index (χ0v) is 11.5. The van der Waals surface area contributed by atoms with Crippen molar-refractivity contribution in [2.24, 2.45) is 0 Å². The zero-order chi connectivity index (χ0) is 13.4. The molecule has 0 fully saturated rings. The van der Waals surface area contributed by atoms with Crippen LogP contribution in [0.5, 0.6) is 0 Å². The van der Waals surface area contributed by atoms with Gasteiger partial charge in [0.2, 0.25) is 5.95 Å². The van der Waals surface area contributed by atoms with E-state index in [0.717, 1.165) is 10.0 Å². The summed E-state index contributed by atoms with van der Waals surface area (Å²) in [5.41, 5.74) is 7.79. The SMILES string of the molecule is Nc1ncc2c(n1)CC(c1ccccc1Br)NC2=O. The Hall–Kier alpha value is -1.95. The molecule has 2 heterocycles. The number of nitrogens with zero attached hydrogens (tertiary/aromatic N) is 2. The molecule has 1 aliphatic rings. The Balaban J connectivity index is 2.01. The fourth-order valence-electron chi connectivity index (χ4n) is 2.20. The molecule has 1 unspecified atom stereocenters. The molecule has 3 N–H and O–H groups in total. The fraction of sp³-hybridized carbons (Fsp3) is 0.154. The van der Waals surface area contributed by atoms with E-state index in [1.807, 2.05) is 24.3 Å². The van der Waals surface area contributed by atoms with Crippen LogP contribution in [0.3, 0.4) is 0 Å². The number of anilines is 1. The summed E-state index contributed by atoms with van der Waals surface area (Å²) in [4.78, 5) is 20.1. The maximum absolute atomic E-state index is 12.0. The van der Waals surface area contributed by atoms with Crippen molar-refractivity contribution in [3.05, 3.63) is 51.8 Å². The van der Waals surface area contributed by atoms with E-state index in [0.29, 0.717) is 17.7 Å². The number of amides is 1. The van der Waals surface area contributed by atoms with E-state index in [9.17, 15) is 4.79 Å². The second-order valence-electron chi connectivity index (χ2n) is 4.34. The van der Waals surface area contributed by atoms with Crippen LogP contribution in [0.25, 0.3) is 0 Å². The van der Waals surface area contributed by atoms with Crippen LogP contribution < -0.4 is 11.1 Å². The van der Waals surface area contributed by atoms with Gasteiger partial charge < -0.3 is 11.1 Å². The highest BCUT2D eigenvalue weighted by Crippen LogP contribution is 2.29. The number of nitrogen functional groups attached to an aromatic ring is 1. The van der Waals surface area contributed by atoms with Crippen molar-refractivity contribution in [1.29, 1.82) is 0 Å². The largest absolute Gasteiger partial charge is 0.368 e. The van der Waals surface area contributed by atoms with E-state index in [-0.39, 0.29) is 17.9 Å². The summed E-state index contributed by atoms with van der Waals surface area (Å²) in [5, 5.41) is 2.96. The molecule has 5 nitrogen and oxygen atoms in total. The normalized spacial score (nSPS) is 17.7. The van der Waals surface area contributed by atoms with Crippen molar-refractivity contribution in [2.75, 3.05) is 5.73 Å². The first-order valence-corrected chi connectivity index (χ1v) is 6.61. The minimum atomic E-state index is -0.165. The Bertz CT molecular complexity index is 659. The summed E-state index contributed by atoms with van der Waals surface area (Å²) >= 11 is 3.50. The number of rotatable bonds is 1. The Morgan fingerprint density at radius 2 is 2.16 bits per heavy atom. The van der Waals surface area contributed by atoms with Gasteiger partial charge in [-0.25, -0.2) is 9.97 Å². The Labute approximate surface area is 118 Å². The molecule has 1 amide bonds. The van der Waals surface area contributed by atoms with Crippen LogP contribution in [0.1, 0.15) is 27.7 Å². The van der Waals surface area contributed by atoms with E-state index in [2.05, 4.69) is 31.2 Å². The number of hydrogen-bond acceptors (Lipinski definition) is 4. The fourth-order valence-corrected chi connectivity index (χ4v) is 2.76. The van der Waals surface area contributed by atoms with Gasteiger partial charge in [-0.2, -0.15) is 0 Å². The number of nitrogens with one attached hydrogen (secondary N) is 1. The molecule has 0 saturated carbocycles. The van der Waals surface area contributed by atoms with Crippen molar-refractivity contribution in [3.8, 4) is 0 Å². The monoisotopic (exact) mass is 318 g/mol. The molecular formula is C13H11BrN4O. The molecule has 96 valence electrons. The van der Waals surface area contributed by atoms with Crippen molar-refractivity contribution < 1.29 is 4.79 Å². The molecule has 19 heavy (non-hydrogen) atoms. The first kappa shape index (κ1) is 12.1. The molecule has 0 bridgehead atoms. The quantitative estimate of drug-likeness (QED) is 0.840. The van der Waals surface area contributed by atoms with Gasteiger partial charge in [0.15, 0.2) is 0 Å². The predicted molar refractivity (Wildman–Crippen MR) is 74.5 cm³/mol. The number of nitrogens with two attached hydrogens (primary N) is 1. The van der Waals surface area contributed by atoms with Crippen molar-refractivity contribution in [1.82, 2.24) is 15.3 Å². The third kappa shape index (κ3) is 2.19. The van der Waals surface area contributed by atoms with Crippen LogP contribution in [0, 0.1) is 0 Å². The molecular weight excluding hydrogens is 308 g/mol. The van der Waals surface area contributed by atoms with Crippen LogP contribution in [0.15, 0.2) is 34.9 Å². The number of benzene rings is 1. The van der Waals surface area contributed by atoms with Crippen molar-refractivity contribution >= 4 is 27.8 Å². The van der Waals surface area contributed by atoms with E-state index in [1.54, 1.807) is 0 Å². The third-order valence-corrected chi connectivity index (χ3v) is 3.84. The highest BCUT2D eigenvalue weighted by molar-refractivity contribution is 9.10. The van der Waals surface area contributed by atoms with Crippen LogP contribution >= 0.6 is 15.9 Å². The Morgan fingerprint density at radius 1 is 1.37 bits per heavy atom. The van der Waals surface area contributed by atoms with Gasteiger partial charge in [-0.15, -0.1) is 0 Å². The predicted octanol–water partition coefficient (Wildman–Crippen LogP) is 1.85. The highest BCUT2D eigenvalue weighted by atomic mass is 79.9. The lowest BCUT2D eigenvalue weighted by Crippen LogP contribution is -2.36. The van der Waals surface area contributed by atoms with E-state index in [1.165, 1.54) is 6.20 Å². The topological polar surface area (TPSA) is 80.9 Å². The van der Waals surface area contributed by atoms with Gasteiger partial charge in [0.1, 0.15) is 0 Å². The summed E-state index contributed by atoms with van der Waals surface area (Å²) in [6.45, 7) is 0. The van der Waals surface area contributed by atoms with Crippen LogP contribution in [0.4, 0.5) is 5.95 Å². The maximum Gasteiger partial charge on any atom is 0.255 e. The van der Waals surface area contributed by atoms with Gasteiger partial charge in [-0.1, -0.05) is 34.1 Å². The van der Waals surface area contributed by atoms with Crippen LogP contribution in [-0.4, -0.2) is 15.9 Å². The molecule has 0 saturated heterocycles. The van der Waals surface area contributed by atoms with Crippen molar-refractivity contribution in [2.45, 2.75) is 12.5 Å². The lowest BCUT2D eigenvalue weighted by atomic mass is 9.96. The average Bonchev–Trinajstić information content (AvgIpc) is 2.38. The number of carbonyl (C=O) groups is 1. The van der Waals surface area contributed by atoms with E-state index >= 15 is 0 Å². The smallest absolute Gasteiger partial charge is 0.255 e. The van der Waals surface area contributed by atoms with Gasteiger partial charge in [0, 0.05) is 17.1 Å². The van der Waals surface area contributed by atoms with Crippen molar-refractivity contribution in [3.63, 3.8) is 0 Å². The van der Waals surface area contributed by atoms with Gasteiger partial charge in [0.25, 0.3) is 5.91 Å². The second kappa shape index (κ2) is 4.62. The highest BCUT2D eigenvalue weighted by Gasteiger charge is 2.27. The summed E-state index contributed by atoms with van der Waals surface area (Å²) in [7, 11) is 0. The number of hydrogen-bond donors (Lipinski definition) is 2. The van der Waals surface area contributed by atoms with E-state index in [4.69, 9.17) is 5.73 Å². The van der Waals surface area contributed by atoms with Gasteiger partial charge in [-0.3, -0.25) is 4.79 Å². The first-order chi connectivity index (χ1) is 9.15. The molecule has 2 aromatic rings. The molecule has 1 aromatic carbocycles. The number of carbonyl (C=O) groups excluding carboxylic acids is 1. The van der Waals surface area contributed by atoms with Crippen LogP contribution in [0.2, 0.25) is 0 Å². The minimum Gasteiger partial charge on any atom is -0.368 e. The summed E-state index contributed by atoms with van der Waals surface area (Å²) in [5.74, 6) is 0.0290. The molecule has 0 spiro atoms. The van der Waals surface area contributed by atoms with Gasteiger partial charge in [-0.05, 0) is 11.6 Å². The standard InChI is InChI=1S/C13H11BrN4O/c14-9-4-2-1-3-7(9)10-5-11-8(12(19)17-10)6-16-13(15)18-11/h1-4,6,10H,5H2,(H,17,19)(H2,15,16,18). The summed E-state index contributed by atoms with van der Waals surface area (Å²) in [6.07, 6.45) is 2.08. The lowest BCUT2D eigenvalue weighted by molar-refractivity contribution is 0.0923. The second-order valence-corrected chi connectivity index (χ2v) is 5.19. The molecule has 1 aliphatic heterocycles. The molecule has 0 radical (unpaired) electrons. The first-order valence-electron chi connectivity index (χ1n) is 5.82.